The Bertz CT molecular complexity index is 896. The number of nitrogens with zero attached hydrogens (tertiary/aromatic N) is 2. The van der Waals surface area contributed by atoms with Crippen LogP contribution in [0.4, 0.5) is 0 Å². The lowest BCUT2D eigenvalue weighted by molar-refractivity contribution is -0.137. The molecule has 5 heteroatoms. The van der Waals surface area contributed by atoms with Crippen LogP contribution >= 0.6 is 0 Å². The summed E-state index contributed by atoms with van der Waals surface area (Å²) in [5.74, 6) is 2.30. The van der Waals surface area contributed by atoms with E-state index in [9.17, 15) is 9.90 Å². The minimum absolute atomic E-state index is 0.298. The Balaban J connectivity index is 1.33. The molecule has 5 nitrogen and oxygen atoms in total. The molecule has 0 amide bonds. The number of hydrogen-bond donors (Lipinski definition) is 1. The summed E-state index contributed by atoms with van der Waals surface area (Å²) in [6.07, 6.45) is 13.1. The fourth-order valence-electron chi connectivity index (χ4n) is 5.60. The Morgan fingerprint density at radius 1 is 1.16 bits per heavy atom. The van der Waals surface area contributed by atoms with Crippen molar-refractivity contribution in [2.45, 2.75) is 64.2 Å². The highest BCUT2D eigenvalue weighted by Gasteiger charge is 2.30. The van der Waals surface area contributed by atoms with E-state index in [-0.39, 0.29) is 0 Å². The van der Waals surface area contributed by atoms with E-state index in [0.717, 1.165) is 43.0 Å². The molecule has 0 bridgehead atoms. The van der Waals surface area contributed by atoms with Crippen molar-refractivity contribution in [2.24, 2.45) is 17.8 Å². The van der Waals surface area contributed by atoms with Crippen molar-refractivity contribution in [1.82, 2.24) is 9.88 Å². The van der Waals surface area contributed by atoms with Gasteiger partial charge in [0.1, 0.15) is 5.75 Å². The third-order valence-electron chi connectivity index (χ3n) is 7.84. The Morgan fingerprint density at radius 3 is 2.78 bits per heavy atom. The van der Waals surface area contributed by atoms with Gasteiger partial charge in [0.05, 0.1) is 12.6 Å². The summed E-state index contributed by atoms with van der Waals surface area (Å²) in [5.41, 5.74) is 2.34. The van der Waals surface area contributed by atoms with Crippen LogP contribution in [0.15, 0.2) is 30.5 Å². The molecule has 1 saturated heterocycles. The molecule has 32 heavy (non-hydrogen) atoms. The lowest BCUT2D eigenvalue weighted by atomic mass is 9.78. The SMILES string of the molecule is COc1ccc2nccc(CCC[C@@H]3CCN(CCC4CCC4)C[C@@H]3CCC(=O)O)c2c1. The summed E-state index contributed by atoms with van der Waals surface area (Å²) >= 11 is 0. The van der Waals surface area contributed by atoms with Crippen molar-refractivity contribution in [1.29, 1.82) is 0 Å². The van der Waals surface area contributed by atoms with Crippen molar-refractivity contribution in [3.63, 3.8) is 0 Å². The number of piperidine rings is 1. The number of methoxy groups -OCH3 is 1. The molecular formula is C27H38N2O3. The van der Waals surface area contributed by atoms with E-state index in [2.05, 4.69) is 22.0 Å². The smallest absolute Gasteiger partial charge is 0.303 e. The van der Waals surface area contributed by atoms with Gasteiger partial charge in [-0.25, -0.2) is 0 Å². The van der Waals surface area contributed by atoms with E-state index < -0.39 is 5.97 Å². The fraction of sp³-hybridized carbons (Fsp3) is 0.630. The molecule has 0 radical (unpaired) electrons. The van der Waals surface area contributed by atoms with Crippen LogP contribution < -0.4 is 4.74 Å². The highest BCUT2D eigenvalue weighted by molar-refractivity contribution is 5.83. The van der Waals surface area contributed by atoms with Crippen LogP contribution in [0.1, 0.15) is 63.4 Å². The number of pyridine rings is 1. The Kier molecular flexibility index (Phi) is 8.01. The lowest BCUT2D eigenvalue weighted by Crippen LogP contribution is -2.41. The first-order valence-corrected chi connectivity index (χ1v) is 12.5. The van der Waals surface area contributed by atoms with Gasteiger partial charge in [0.2, 0.25) is 0 Å². The number of fused-ring (bicyclic) bond motifs is 1. The second kappa shape index (κ2) is 11.1. The molecule has 1 aromatic heterocycles. The number of carbonyl (C=O) groups is 1. The van der Waals surface area contributed by atoms with E-state index in [1.807, 2.05) is 18.3 Å². The average Bonchev–Trinajstić information content (AvgIpc) is 2.77. The fourth-order valence-corrected chi connectivity index (χ4v) is 5.60. The summed E-state index contributed by atoms with van der Waals surface area (Å²) in [6, 6.07) is 8.21. The zero-order chi connectivity index (χ0) is 22.3. The third-order valence-corrected chi connectivity index (χ3v) is 7.84. The van der Waals surface area contributed by atoms with Crippen LogP contribution in [-0.4, -0.2) is 47.7 Å². The molecule has 2 aliphatic rings. The van der Waals surface area contributed by atoms with Crippen LogP contribution in [0.25, 0.3) is 10.9 Å². The molecular weight excluding hydrogens is 400 g/mol. The number of aliphatic carboxylic acids is 1. The van der Waals surface area contributed by atoms with Gasteiger partial charge in [-0.3, -0.25) is 9.78 Å². The van der Waals surface area contributed by atoms with Crippen molar-refractivity contribution in [3.05, 3.63) is 36.0 Å². The number of likely N-dealkylation sites (tertiary alicyclic amines) is 1. The van der Waals surface area contributed by atoms with E-state index in [1.165, 1.54) is 62.6 Å². The number of aromatic nitrogens is 1. The molecule has 1 saturated carbocycles. The number of benzene rings is 1. The Morgan fingerprint density at radius 2 is 2.03 bits per heavy atom. The predicted octanol–water partition coefficient (Wildman–Crippen LogP) is 5.56. The van der Waals surface area contributed by atoms with E-state index in [0.29, 0.717) is 18.3 Å². The van der Waals surface area contributed by atoms with Gasteiger partial charge >= 0.3 is 5.97 Å². The summed E-state index contributed by atoms with van der Waals surface area (Å²) in [7, 11) is 1.70. The number of hydrogen-bond acceptors (Lipinski definition) is 4. The molecule has 2 fully saturated rings. The average molecular weight is 439 g/mol. The third kappa shape index (κ3) is 6.00. The molecule has 1 aliphatic carbocycles. The summed E-state index contributed by atoms with van der Waals surface area (Å²) in [6.45, 7) is 3.46. The van der Waals surface area contributed by atoms with Crippen LogP contribution in [0.5, 0.6) is 5.75 Å². The van der Waals surface area contributed by atoms with Gasteiger partial charge in [0, 0.05) is 24.5 Å². The molecule has 174 valence electrons. The number of ether oxygens (including phenoxy) is 1. The molecule has 1 aromatic carbocycles. The molecule has 0 unspecified atom stereocenters. The topological polar surface area (TPSA) is 62.7 Å². The van der Waals surface area contributed by atoms with Crippen LogP contribution in [0.3, 0.4) is 0 Å². The van der Waals surface area contributed by atoms with E-state index in [4.69, 9.17) is 4.74 Å². The first kappa shape index (κ1) is 23.0. The maximum Gasteiger partial charge on any atom is 0.303 e. The van der Waals surface area contributed by atoms with Gasteiger partial charge in [-0.05, 0) is 99.2 Å². The number of carboxylic acids is 1. The molecule has 2 heterocycles. The van der Waals surface area contributed by atoms with Crippen LogP contribution in [-0.2, 0) is 11.2 Å². The normalized spacial score (nSPS) is 22.0. The predicted molar refractivity (Wildman–Crippen MR) is 128 cm³/mol. The highest BCUT2D eigenvalue weighted by atomic mass is 16.5. The maximum atomic E-state index is 11.2. The van der Waals surface area contributed by atoms with Crippen LogP contribution in [0, 0.1) is 17.8 Å². The van der Waals surface area contributed by atoms with Gasteiger partial charge in [0.25, 0.3) is 0 Å². The van der Waals surface area contributed by atoms with Crippen molar-refractivity contribution in [3.8, 4) is 5.75 Å². The lowest BCUT2D eigenvalue weighted by Gasteiger charge is -2.40. The highest BCUT2D eigenvalue weighted by Crippen LogP contribution is 2.34. The standard InChI is InChI=1S/C27H38N2O3/c1-32-24-9-10-26-25(18-24)22(12-15-28-26)7-3-6-21-14-17-29(16-13-20-4-2-5-20)19-23(21)8-11-27(30)31/h9-10,12,15,18,20-21,23H,2-8,11,13-14,16-17,19H2,1H3,(H,30,31)/t21-,23+/m1/s1. The Labute approximate surface area is 192 Å². The second-order valence-corrected chi connectivity index (χ2v) is 9.87. The van der Waals surface area contributed by atoms with Crippen molar-refractivity contribution < 1.29 is 14.6 Å². The summed E-state index contributed by atoms with van der Waals surface area (Å²) in [5, 5.41) is 10.4. The Hall–Kier alpha value is -2.14. The van der Waals surface area contributed by atoms with Gasteiger partial charge in [-0.15, -0.1) is 0 Å². The molecule has 2 aromatic rings. The quantitative estimate of drug-likeness (QED) is 0.498. The summed E-state index contributed by atoms with van der Waals surface area (Å²) in [4.78, 5) is 18.4. The molecule has 0 spiro atoms. The molecule has 1 N–H and O–H groups in total. The number of rotatable bonds is 11. The first-order valence-electron chi connectivity index (χ1n) is 12.5. The monoisotopic (exact) mass is 438 g/mol. The van der Waals surface area contributed by atoms with E-state index in [1.54, 1.807) is 7.11 Å². The van der Waals surface area contributed by atoms with Crippen molar-refractivity contribution >= 4 is 16.9 Å². The molecule has 1 aliphatic heterocycles. The first-order chi connectivity index (χ1) is 15.6. The molecule has 2 atom stereocenters. The zero-order valence-electron chi connectivity index (χ0n) is 19.5. The molecule has 4 rings (SSSR count). The van der Waals surface area contributed by atoms with Crippen molar-refractivity contribution in [2.75, 3.05) is 26.7 Å². The van der Waals surface area contributed by atoms with Gasteiger partial charge in [-0.2, -0.15) is 0 Å². The van der Waals surface area contributed by atoms with Gasteiger partial charge in [-0.1, -0.05) is 19.3 Å². The van der Waals surface area contributed by atoms with Gasteiger partial charge < -0.3 is 14.7 Å². The number of carboxylic acid groups (broad SMARTS) is 1. The summed E-state index contributed by atoms with van der Waals surface area (Å²) < 4.78 is 5.41. The zero-order valence-corrected chi connectivity index (χ0v) is 19.5. The van der Waals surface area contributed by atoms with E-state index >= 15 is 0 Å². The minimum atomic E-state index is -0.660. The van der Waals surface area contributed by atoms with Crippen LogP contribution in [0.2, 0.25) is 0 Å². The largest absolute Gasteiger partial charge is 0.497 e. The number of aryl methyl sites for hydroxylation is 1. The second-order valence-electron chi connectivity index (χ2n) is 9.87. The minimum Gasteiger partial charge on any atom is -0.497 e. The van der Waals surface area contributed by atoms with Gasteiger partial charge in [0.15, 0.2) is 0 Å². The maximum absolute atomic E-state index is 11.2.